The predicted molar refractivity (Wildman–Crippen MR) is 130 cm³/mol. The highest BCUT2D eigenvalue weighted by Gasteiger charge is 2.31. The summed E-state index contributed by atoms with van der Waals surface area (Å²) < 4.78 is 7.06. The highest BCUT2D eigenvalue weighted by atomic mass is 16.5. The maximum Gasteiger partial charge on any atom is 0.359 e. The number of nitrogens with zero attached hydrogens (tertiary/aromatic N) is 4. The molecule has 0 spiro atoms. The molecular formula is C26H33N5O4. The van der Waals surface area contributed by atoms with E-state index in [9.17, 15) is 14.4 Å². The van der Waals surface area contributed by atoms with Gasteiger partial charge >= 0.3 is 12.0 Å². The zero-order valence-corrected chi connectivity index (χ0v) is 20.5. The Bertz CT molecular complexity index is 1100. The normalized spacial score (nSPS) is 19.4. The molecule has 2 amide bonds. The third kappa shape index (κ3) is 5.80. The van der Waals surface area contributed by atoms with Gasteiger partial charge in [-0.15, -0.1) is 0 Å². The lowest BCUT2D eigenvalue weighted by Crippen LogP contribution is -2.45. The summed E-state index contributed by atoms with van der Waals surface area (Å²) in [5.74, 6) is 0.284. The number of urea groups is 1. The third-order valence-corrected chi connectivity index (χ3v) is 6.94. The van der Waals surface area contributed by atoms with Crippen LogP contribution in [0.3, 0.4) is 0 Å². The second-order valence-corrected chi connectivity index (χ2v) is 9.43. The van der Waals surface area contributed by atoms with Crippen LogP contribution in [0.15, 0.2) is 29.3 Å². The fourth-order valence-corrected chi connectivity index (χ4v) is 5.12. The minimum Gasteiger partial charge on any atom is -0.461 e. The lowest BCUT2D eigenvalue weighted by molar-refractivity contribution is 0.0516. The number of fused-ring (bicyclic) bond motifs is 1. The van der Waals surface area contributed by atoms with E-state index >= 15 is 0 Å². The van der Waals surface area contributed by atoms with E-state index in [0.29, 0.717) is 44.4 Å². The van der Waals surface area contributed by atoms with Crippen molar-refractivity contribution in [3.63, 3.8) is 0 Å². The van der Waals surface area contributed by atoms with Gasteiger partial charge in [-0.05, 0) is 57.1 Å². The number of rotatable bonds is 7. The Morgan fingerprint density at radius 1 is 1.23 bits per heavy atom. The molecule has 1 saturated carbocycles. The molecule has 1 aromatic carbocycles. The van der Waals surface area contributed by atoms with Gasteiger partial charge in [0.15, 0.2) is 5.69 Å². The monoisotopic (exact) mass is 479 g/mol. The van der Waals surface area contributed by atoms with Crippen LogP contribution in [0.5, 0.6) is 0 Å². The summed E-state index contributed by atoms with van der Waals surface area (Å²) in [5.41, 5.74) is 3.97. The van der Waals surface area contributed by atoms with Gasteiger partial charge in [-0.25, -0.2) is 24.1 Å². The van der Waals surface area contributed by atoms with E-state index < -0.39 is 5.97 Å². The molecule has 9 nitrogen and oxygen atoms in total. The zero-order valence-electron chi connectivity index (χ0n) is 20.5. The molecule has 9 heteroatoms. The minimum atomic E-state index is -0.469. The molecule has 35 heavy (non-hydrogen) atoms. The summed E-state index contributed by atoms with van der Waals surface area (Å²) in [6, 6.07) is 7.85. The van der Waals surface area contributed by atoms with Crippen molar-refractivity contribution in [3.05, 3.63) is 46.8 Å². The highest BCUT2D eigenvalue weighted by Crippen LogP contribution is 2.29. The number of aromatic nitrogens is 2. The Morgan fingerprint density at radius 2 is 2.00 bits per heavy atom. The minimum absolute atomic E-state index is 0.137. The first-order valence-corrected chi connectivity index (χ1v) is 12.4. The van der Waals surface area contributed by atoms with E-state index in [4.69, 9.17) is 4.74 Å². The first-order valence-electron chi connectivity index (χ1n) is 12.4. The zero-order chi connectivity index (χ0) is 24.8. The second-order valence-electron chi connectivity index (χ2n) is 9.43. The Hall–Kier alpha value is -3.45. The van der Waals surface area contributed by atoms with Crippen molar-refractivity contribution >= 4 is 18.1 Å². The quantitative estimate of drug-likeness (QED) is 0.371. The number of aliphatic imine (C=N–C) groups is 1. The average molecular weight is 480 g/mol. The largest absolute Gasteiger partial charge is 0.461 e. The van der Waals surface area contributed by atoms with E-state index in [2.05, 4.69) is 15.4 Å². The Balaban J connectivity index is 1.46. The molecule has 4 rings (SSSR count). The molecule has 2 aromatic rings. The predicted octanol–water partition coefficient (Wildman–Crippen LogP) is 3.57. The van der Waals surface area contributed by atoms with Crippen molar-refractivity contribution in [2.75, 3.05) is 26.2 Å². The van der Waals surface area contributed by atoms with Crippen molar-refractivity contribution in [1.29, 1.82) is 0 Å². The van der Waals surface area contributed by atoms with Gasteiger partial charge in [-0.2, -0.15) is 5.10 Å². The van der Waals surface area contributed by atoms with Gasteiger partial charge < -0.3 is 15.0 Å². The van der Waals surface area contributed by atoms with Crippen molar-refractivity contribution in [1.82, 2.24) is 20.0 Å². The van der Waals surface area contributed by atoms with Crippen LogP contribution >= 0.6 is 0 Å². The lowest BCUT2D eigenvalue weighted by atomic mass is 9.81. The maximum absolute atomic E-state index is 13.0. The molecule has 186 valence electrons. The van der Waals surface area contributed by atoms with Crippen LogP contribution in [0.25, 0.3) is 5.69 Å². The molecule has 2 aliphatic rings. The molecule has 1 aromatic heterocycles. The van der Waals surface area contributed by atoms with E-state index in [-0.39, 0.29) is 18.3 Å². The molecule has 1 N–H and O–H groups in total. The maximum atomic E-state index is 13.0. The van der Waals surface area contributed by atoms with Crippen molar-refractivity contribution in [2.45, 2.75) is 52.5 Å². The van der Waals surface area contributed by atoms with Crippen LogP contribution in [-0.4, -0.2) is 59.0 Å². The number of aryl methyl sites for hydroxylation is 1. The summed E-state index contributed by atoms with van der Waals surface area (Å²) in [6.07, 6.45) is 6.37. The number of amides is 2. The fourth-order valence-electron chi connectivity index (χ4n) is 5.12. The molecule has 0 radical (unpaired) electrons. The lowest BCUT2D eigenvalue weighted by Gasteiger charge is -2.31. The molecule has 1 fully saturated rings. The third-order valence-electron chi connectivity index (χ3n) is 6.94. The SMILES string of the molecule is CCOC(=O)c1nn(-c2ccc(C)cc2)c2c1CN(C(=O)NCC1CCCC(CN=C=O)C1)CC2. The van der Waals surface area contributed by atoms with E-state index in [1.807, 2.05) is 31.2 Å². The van der Waals surface area contributed by atoms with Crippen LogP contribution in [0.4, 0.5) is 4.79 Å². The Morgan fingerprint density at radius 3 is 2.74 bits per heavy atom. The fraction of sp³-hybridized carbons (Fsp3) is 0.538. The van der Waals surface area contributed by atoms with Gasteiger partial charge in [0.25, 0.3) is 0 Å². The van der Waals surface area contributed by atoms with Gasteiger partial charge in [0.1, 0.15) is 0 Å². The van der Waals surface area contributed by atoms with Gasteiger partial charge in [0.05, 0.1) is 31.1 Å². The number of carbonyl (C=O) groups is 2. The Kier molecular flexibility index (Phi) is 7.98. The summed E-state index contributed by atoms with van der Waals surface area (Å²) >= 11 is 0. The second kappa shape index (κ2) is 11.3. The number of nitrogens with one attached hydrogen (secondary N) is 1. The number of isocyanates is 1. The number of esters is 1. The average Bonchev–Trinajstić information content (AvgIpc) is 3.26. The van der Waals surface area contributed by atoms with Crippen LogP contribution in [-0.2, 0) is 22.5 Å². The summed E-state index contributed by atoms with van der Waals surface area (Å²) in [7, 11) is 0. The summed E-state index contributed by atoms with van der Waals surface area (Å²) in [4.78, 5) is 41.6. The van der Waals surface area contributed by atoms with Crippen LogP contribution in [0.1, 0.15) is 59.9 Å². The van der Waals surface area contributed by atoms with Crippen molar-refractivity contribution < 1.29 is 19.1 Å². The van der Waals surface area contributed by atoms with E-state index in [0.717, 1.165) is 48.2 Å². The molecule has 2 heterocycles. The molecule has 0 saturated heterocycles. The van der Waals surface area contributed by atoms with Crippen LogP contribution in [0, 0.1) is 18.8 Å². The van der Waals surface area contributed by atoms with Crippen LogP contribution < -0.4 is 5.32 Å². The van der Waals surface area contributed by atoms with Crippen molar-refractivity contribution in [3.8, 4) is 5.69 Å². The number of benzene rings is 1. The topological polar surface area (TPSA) is 106 Å². The van der Waals surface area contributed by atoms with Gasteiger partial charge in [0, 0.05) is 25.1 Å². The van der Waals surface area contributed by atoms with Crippen LogP contribution in [0.2, 0.25) is 0 Å². The summed E-state index contributed by atoms with van der Waals surface area (Å²) in [6.45, 7) is 6.01. The van der Waals surface area contributed by atoms with Gasteiger partial charge in [-0.1, -0.05) is 24.1 Å². The Labute approximate surface area is 205 Å². The molecule has 1 aliphatic carbocycles. The smallest absolute Gasteiger partial charge is 0.359 e. The number of carbonyl (C=O) groups excluding carboxylic acids is 3. The molecular weight excluding hydrogens is 446 g/mol. The summed E-state index contributed by atoms with van der Waals surface area (Å²) in [5, 5.41) is 7.69. The number of ether oxygens (including phenoxy) is 1. The molecule has 1 aliphatic heterocycles. The van der Waals surface area contributed by atoms with E-state index in [1.54, 1.807) is 22.6 Å². The molecule has 2 unspecified atom stereocenters. The molecule has 0 bridgehead atoms. The van der Waals surface area contributed by atoms with Gasteiger partial charge in [-0.3, -0.25) is 0 Å². The number of hydrogen-bond acceptors (Lipinski definition) is 6. The van der Waals surface area contributed by atoms with E-state index in [1.165, 1.54) is 0 Å². The van der Waals surface area contributed by atoms with Gasteiger partial charge in [0.2, 0.25) is 6.08 Å². The first kappa shape index (κ1) is 24.7. The number of hydrogen-bond donors (Lipinski definition) is 1. The molecule has 2 atom stereocenters. The highest BCUT2D eigenvalue weighted by molar-refractivity contribution is 5.89. The first-order chi connectivity index (χ1) is 17.0. The standard InChI is InChI=1S/C26H33N5O4/c1-3-35-25(33)24-22-16-30(12-11-23(22)31(29-24)21-9-7-18(2)8-10-21)26(34)28-15-20-6-4-5-19(13-20)14-27-17-32/h7-10,19-20H,3-6,11-16H2,1-2H3,(H,28,34). The van der Waals surface area contributed by atoms with Crippen molar-refractivity contribution in [2.24, 2.45) is 16.8 Å².